The van der Waals surface area contributed by atoms with E-state index in [4.69, 9.17) is 18.9 Å². The minimum Gasteiger partial charge on any atom is -0.497 e. The van der Waals surface area contributed by atoms with Gasteiger partial charge in [0, 0.05) is 11.6 Å². The maximum absolute atomic E-state index is 12.3. The molecule has 0 fully saturated rings. The van der Waals surface area contributed by atoms with Gasteiger partial charge >= 0.3 is 5.97 Å². The summed E-state index contributed by atoms with van der Waals surface area (Å²) in [4.78, 5) is 24.3. The van der Waals surface area contributed by atoms with Crippen LogP contribution in [0.1, 0.15) is 15.9 Å². The summed E-state index contributed by atoms with van der Waals surface area (Å²) in [5, 5.41) is 2.07. The number of ketones is 1. The molecule has 6 heteroatoms. The lowest BCUT2D eigenvalue weighted by atomic mass is 10.1. The predicted molar refractivity (Wildman–Crippen MR) is 112 cm³/mol. The number of Topliss-reactive ketones (excluding diaryl/α,β-unsaturated/α-hetero) is 1. The number of esters is 1. The summed E-state index contributed by atoms with van der Waals surface area (Å²) < 4.78 is 21.2. The van der Waals surface area contributed by atoms with Crippen molar-refractivity contribution in [2.45, 2.75) is 0 Å². The molecule has 0 aromatic heterocycles. The van der Waals surface area contributed by atoms with Gasteiger partial charge in [-0.2, -0.15) is 0 Å². The van der Waals surface area contributed by atoms with Crippen LogP contribution < -0.4 is 14.2 Å². The summed E-state index contributed by atoms with van der Waals surface area (Å²) >= 11 is 0. The molecule has 0 spiro atoms. The first-order chi connectivity index (χ1) is 14.6. The van der Waals surface area contributed by atoms with E-state index >= 15 is 0 Å². The van der Waals surface area contributed by atoms with Crippen molar-refractivity contribution in [1.29, 1.82) is 0 Å². The van der Waals surface area contributed by atoms with E-state index < -0.39 is 5.97 Å². The van der Waals surface area contributed by atoms with Gasteiger partial charge in [-0.05, 0) is 58.8 Å². The Balaban J connectivity index is 1.35. The Hall–Kier alpha value is -3.80. The monoisotopic (exact) mass is 404 g/mol. The number of ether oxygens (including phenoxy) is 4. The minimum absolute atomic E-state index is 0.312. The third-order valence-corrected chi connectivity index (χ3v) is 4.69. The van der Waals surface area contributed by atoms with Gasteiger partial charge in [0.05, 0.1) is 7.11 Å². The lowest BCUT2D eigenvalue weighted by molar-refractivity contribution is -0.136. The molecule has 3 aromatic carbocycles. The number of rotatable bonds is 6. The third-order valence-electron chi connectivity index (χ3n) is 4.69. The zero-order valence-corrected chi connectivity index (χ0v) is 16.4. The first-order valence-corrected chi connectivity index (χ1v) is 9.48. The molecule has 6 nitrogen and oxygen atoms in total. The van der Waals surface area contributed by atoms with Crippen molar-refractivity contribution in [1.82, 2.24) is 0 Å². The topological polar surface area (TPSA) is 71.1 Å². The molecule has 4 rings (SSSR count). The maximum Gasteiger partial charge on any atom is 0.331 e. The molecule has 0 atom stereocenters. The molecule has 0 saturated carbocycles. The molecular formula is C24H20O6. The van der Waals surface area contributed by atoms with Crippen LogP contribution in [0.4, 0.5) is 0 Å². The Morgan fingerprint density at radius 3 is 2.53 bits per heavy atom. The second-order valence-corrected chi connectivity index (χ2v) is 6.70. The highest BCUT2D eigenvalue weighted by Crippen LogP contribution is 2.30. The molecule has 0 N–H and O–H groups in total. The summed E-state index contributed by atoms with van der Waals surface area (Å²) in [6.45, 7) is 0.572. The molecule has 1 aliphatic rings. The largest absolute Gasteiger partial charge is 0.497 e. The SMILES string of the molecule is COc1ccc2cc(/C=C/C(=O)OCC(=O)c3ccc4c(c3)OCCO4)ccc2c1. The number of benzene rings is 3. The second kappa shape index (κ2) is 8.69. The summed E-state index contributed by atoms with van der Waals surface area (Å²) in [7, 11) is 1.63. The first kappa shape index (κ1) is 19.5. The highest BCUT2D eigenvalue weighted by atomic mass is 16.6. The van der Waals surface area contributed by atoms with Gasteiger partial charge in [0.1, 0.15) is 19.0 Å². The van der Waals surface area contributed by atoms with E-state index in [-0.39, 0.29) is 12.4 Å². The van der Waals surface area contributed by atoms with Crippen molar-refractivity contribution in [3.8, 4) is 17.2 Å². The molecule has 0 bridgehead atoms. The Morgan fingerprint density at radius 1 is 0.933 bits per heavy atom. The van der Waals surface area contributed by atoms with Gasteiger partial charge in [0.2, 0.25) is 0 Å². The van der Waals surface area contributed by atoms with Crippen molar-refractivity contribution in [3.63, 3.8) is 0 Å². The van der Waals surface area contributed by atoms with Crippen LogP contribution in [0, 0.1) is 0 Å². The van der Waals surface area contributed by atoms with Crippen molar-refractivity contribution >= 4 is 28.6 Å². The zero-order chi connectivity index (χ0) is 20.9. The van der Waals surface area contributed by atoms with Gasteiger partial charge in [-0.15, -0.1) is 0 Å². The molecule has 3 aromatic rings. The van der Waals surface area contributed by atoms with Crippen molar-refractivity contribution in [2.75, 3.05) is 26.9 Å². The second-order valence-electron chi connectivity index (χ2n) is 6.70. The quantitative estimate of drug-likeness (QED) is 0.351. The fraction of sp³-hybridized carbons (Fsp3) is 0.167. The molecule has 1 heterocycles. The standard InChI is InChI=1S/C24H20O6/c1-27-20-7-5-17-12-16(2-4-18(17)13-20)3-9-24(26)30-15-21(25)19-6-8-22-23(14-19)29-11-10-28-22/h2-9,12-14H,10-11,15H2,1H3/b9-3+. The number of fused-ring (bicyclic) bond motifs is 2. The molecule has 152 valence electrons. The van der Waals surface area contributed by atoms with E-state index in [0.717, 1.165) is 22.1 Å². The lowest BCUT2D eigenvalue weighted by Gasteiger charge is -2.18. The van der Waals surface area contributed by atoms with Gasteiger partial charge in [0.15, 0.2) is 23.9 Å². The highest BCUT2D eigenvalue weighted by Gasteiger charge is 2.15. The van der Waals surface area contributed by atoms with E-state index in [1.54, 1.807) is 31.4 Å². The van der Waals surface area contributed by atoms with Gasteiger partial charge in [-0.1, -0.05) is 18.2 Å². The van der Waals surface area contributed by atoms with Crippen LogP contribution in [0.25, 0.3) is 16.8 Å². The average Bonchev–Trinajstić information content (AvgIpc) is 2.80. The van der Waals surface area contributed by atoms with E-state index in [1.165, 1.54) is 6.08 Å². The zero-order valence-electron chi connectivity index (χ0n) is 16.4. The Kier molecular flexibility index (Phi) is 5.66. The normalized spacial score (nSPS) is 12.7. The molecule has 0 aliphatic carbocycles. The van der Waals surface area contributed by atoms with Crippen LogP contribution in [0.5, 0.6) is 17.2 Å². The van der Waals surface area contributed by atoms with E-state index in [1.807, 2.05) is 36.4 Å². The maximum atomic E-state index is 12.3. The molecule has 0 amide bonds. The molecule has 0 unspecified atom stereocenters. The number of methoxy groups -OCH3 is 1. The van der Waals surface area contributed by atoms with Crippen LogP contribution in [-0.4, -0.2) is 38.7 Å². The molecule has 0 radical (unpaired) electrons. The Labute approximate surface area is 173 Å². The fourth-order valence-electron chi connectivity index (χ4n) is 3.12. The molecule has 0 saturated heterocycles. The number of hydrogen-bond donors (Lipinski definition) is 0. The summed E-state index contributed by atoms with van der Waals surface area (Å²) in [5.41, 5.74) is 1.25. The molecule has 30 heavy (non-hydrogen) atoms. The summed E-state index contributed by atoms with van der Waals surface area (Å²) in [6, 6.07) is 16.5. The predicted octanol–water partition coefficient (Wildman–Crippen LogP) is 4.06. The van der Waals surface area contributed by atoms with E-state index in [9.17, 15) is 9.59 Å². The van der Waals surface area contributed by atoms with Crippen molar-refractivity contribution < 1.29 is 28.5 Å². The third kappa shape index (κ3) is 4.43. The number of carbonyl (C=O) groups is 2. The van der Waals surface area contributed by atoms with Gasteiger partial charge in [0.25, 0.3) is 0 Å². The van der Waals surface area contributed by atoms with Crippen LogP contribution in [0.3, 0.4) is 0 Å². The van der Waals surface area contributed by atoms with Crippen LogP contribution in [-0.2, 0) is 9.53 Å². The minimum atomic E-state index is -0.587. The molecule has 1 aliphatic heterocycles. The van der Waals surface area contributed by atoms with Crippen molar-refractivity contribution in [3.05, 3.63) is 71.8 Å². The van der Waals surface area contributed by atoms with Gasteiger partial charge in [-0.25, -0.2) is 4.79 Å². The van der Waals surface area contributed by atoms with Crippen LogP contribution in [0.2, 0.25) is 0 Å². The lowest BCUT2D eigenvalue weighted by Crippen LogP contribution is -2.17. The smallest absolute Gasteiger partial charge is 0.331 e. The Morgan fingerprint density at radius 2 is 1.70 bits per heavy atom. The van der Waals surface area contributed by atoms with Gasteiger partial charge < -0.3 is 18.9 Å². The van der Waals surface area contributed by atoms with Crippen molar-refractivity contribution in [2.24, 2.45) is 0 Å². The summed E-state index contributed by atoms with van der Waals surface area (Å²) in [5.74, 6) is 1.01. The van der Waals surface area contributed by atoms with Crippen LogP contribution >= 0.6 is 0 Å². The van der Waals surface area contributed by atoms with E-state index in [0.29, 0.717) is 30.3 Å². The first-order valence-electron chi connectivity index (χ1n) is 9.48. The highest BCUT2D eigenvalue weighted by molar-refractivity contribution is 5.99. The van der Waals surface area contributed by atoms with Gasteiger partial charge in [-0.3, -0.25) is 4.79 Å². The van der Waals surface area contributed by atoms with Crippen LogP contribution in [0.15, 0.2) is 60.7 Å². The Bertz CT molecular complexity index is 1130. The summed E-state index contributed by atoms with van der Waals surface area (Å²) in [6.07, 6.45) is 2.96. The number of hydrogen-bond acceptors (Lipinski definition) is 6. The fourth-order valence-corrected chi connectivity index (χ4v) is 3.12. The van der Waals surface area contributed by atoms with E-state index in [2.05, 4.69) is 0 Å². The average molecular weight is 404 g/mol. The number of carbonyl (C=O) groups excluding carboxylic acids is 2. The molecular weight excluding hydrogens is 384 g/mol.